The molecule has 12 heteroatoms. The lowest BCUT2D eigenvalue weighted by atomic mass is 9.98. The Morgan fingerprint density at radius 1 is 0.932 bits per heavy atom. The number of hydrogen-bond acceptors (Lipinski definition) is 9. The van der Waals surface area contributed by atoms with Gasteiger partial charge in [-0.2, -0.15) is 4.98 Å². The lowest BCUT2D eigenvalue weighted by Gasteiger charge is -2.53. The summed E-state index contributed by atoms with van der Waals surface area (Å²) in [6.07, 6.45) is -1.03. The second-order valence-electron chi connectivity index (χ2n) is 13.2. The molecule has 0 aliphatic carbocycles. The molecule has 2 N–H and O–H groups in total. The van der Waals surface area contributed by atoms with E-state index < -0.39 is 53.5 Å². The van der Waals surface area contributed by atoms with Crippen LogP contribution in [0, 0.1) is 0 Å². The van der Waals surface area contributed by atoms with Crippen molar-refractivity contribution in [1.82, 2.24) is 9.55 Å². The summed E-state index contributed by atoms with van der Waals surface area (Å²) in [6, 6.07) is 10.7. The van der Waals surface area contributed by atoms with Crippen LogP contribution in [0.15, 0.2) is 47.4 Å². The van der Waals surface area contributed by atoms with E-state index in [0.29, 0.717) is 12.2 Å². The quantitative estimate of drug-likeness (QED) is 0.175. The third kappa shape index (κ3) is 6.53. The molecular formula is C32H51N3O7Si2. The van der Waals surface area contributed by atoms with Crippen LogP contribution in [0.2, 0.25) is 22.2 Å². The molecule has 1 aromatic carbocycles. The number of ketones is 1. The molecule has 244 valence electrons. The molecule has 0 bridgehead atoms. The summed E-state index contributed by atoms with van der Waals surface area (Å²) >= 11 is 0. The maximum absolute atomic E-state index is 14.5. The second-order valence-corrected chi connectivity index (χ2v) is 22.0. The Balaban J connectivity index is 1.97. The van der Waals surface area contributed by atoms with E-state index in [2.05, 4.69) is 67.3 Å². The Hall–Kier alpha value is -2.20. The highest BCUT2D eigenvalue weighted by Gasteiger charge is 2.65. The first kappa shape index (κ1) is 34.7. The number of fused-ring (bicyclic) bond motifs is 1. The third-order valence-corrected chi connectivity index (χ3v) is 19.2. The number of benzene rings is 1. The van der Waals surface area contributed by atoms with E-state index in [0.717, 1.165) is 12.8 Å². The first-order valence-electron chi connectivity index (χ1n) is 16.1. The number of carbonyl (C=O) groups excluding carboxylic acids is 1. The molecule has 10 nitrogen and oxygen atoms in total. The number of nitrogens with zero attached hydrogens (tertiary/aromatic N) is 2. The van der Waals surface area contributed by atoms with E-state index in [-0.39, 0.29) is 33.8 Å². The van der Waals surface area contributed by atoms with Crippen molar-refractivity contribution in [3.8, 4) is 0 Å². The summed E-state index contributed by atoms with van der Waals surface area (Å²) in [4.78, 5) is 31.6. The Morgan fingerprint density at radius 3 is 2.07 bits per heavy atom. The average Bonchev–Trinajstić information content (AvgIpc) is 3.29. The van der Waals surface area contributed by atoms with Crippen molar-refractivity contribution in [3.63, 3.8) is 0 Å². The van der Waals surface area contributed by atoms with Crippen LogP contribution in [0.1, 0.15) is 91.7 Å². The summed E-state index contributed by atoms with van der Waals surface area (Å²) in [5.41, 5.74) is 5.90. The van der Waals surface area contributed by atoms with Gasteiger partial charge in [-0.05, 0) is 34.7 Å². The molecule has 0 saturated carbocycles. The fourth-order valence-corrected chi connectivity index (χ4v) is 17.8. The first-order chi connectivity index (χ1) is 20.8. The van der Waals surface area contributed by atoms with Crippen molar-refractivity contribution in [1.29, 1.82) is 0 Å². The van der Waals surface area contributed by atoms with Gasteiger partial charge >= 0.3 is 22.8 Å². The standard InChI is InChI=1S/C32H51N3O7Si2/c1-10-11-19-38-30-29-28(39-31(30)35-18-17-25(33)34-32(35)37)27(26(36)24-15-13-12-14-16-24)40-43(20(2)3,21(4)5)42-44(41-29,22(6)7)23(8)9/h12-18,20-23,27-31H,10-11,19H2,1-9H3,(H2,33,34,37)/t27?,28-,29-,30-,31-/m1/s1. The lowest BCUT2D eigenvalue weighted by Crippen LogP contribution is -2.68. The van der Waals surface area contributed by atoms with Crippen LogP contribution >= 0.6 is 0 Å². The van der Waals surface area contributed by atoms with E-state index in [1.54, 1.807) is 24.4 Å². The van der Waals surface area contributed by atoms with Gasteiger partial charge in [0, 0.05) is 18.4 Å². The van der Waals surface area contributed by atoms with Crippen LogP contribution in [0.3, 0.4) is 0 Å². The van der Waals surface area contributed by atoms with Crippen LogP contribution in [-0.2, 0) is 22.4 Å². The number of unbranched alkanes of at least 4 members (excludes halogenated alkanes) is 1. The molecule has 0 spiro atoms. The summed E-state index contributed by atoms with van der Waals surface area (Å²) < 4.78 is 36.8. The molecular weight excluding hydrogens is 595 g/mol. The van der Waals surface area contributed by atoms with Crippen molar-refractivity contribution in [2.24, 2.45) is 0 Å². The largest absolute Gasteiger partial charge is 0.414 e. The normalized spacial score (nSPS) is 26.6. The number of anilines is 1. The zero-order valence-corrected chi connectivity index (χ0v) is 29.7. The minimum Gasteiger partial charge on any atom is -0.414 e. The molecule has 2 aliphatic rings. The number of Topliss-reactive ketones (excluding diaryl/α,β-unsaturated/α-hetero) is 1. The highest BCUT2D eigenvalue weighted by Crippen LogP contribution is 2.50. The molecule has 4 rings (SSSR count). The molecule has 2 fully saturated rings. The maximum atomic E-state index is 14.5. The number of aromatic nitrogens is 2. The van der Waals surface area contributed by atoms with E-state index >= 15 is 0 Å². The number of hydrogen-bond donors (Lipinski definition) is 1. The number of ether oxygens (including phenoxy) is 2. The Kier molecular flexibility index (Phi) is 11.1. The van der Waals surface area contributed by atoms with Gasteiger partial charge in [0.25, 0.3) is 0 Å². The summed E-state index contributed by atoms with van der Waals surface area (Å²) in [6.45, 7) is 19.5. The van der Waals surface area contributed by atoms with Gasteiger partial charge < -0.3 is 28.2 Å². The van der Waals surface area contributed by atoms with Gasteiger partial charge in [0.2, 0.25) is 0 Å². The van der Waals surface area contributed by atoms with Crippen LogP contribution in [0.4, 0.5) is 5.82 Å². The van der Waals surface area contributed by atoms with Crippen LogP contribution in [0.25, 0.3) is 0 Å². The van der Waals surface area contributed by atoms with Gasteiger partial charge in [-0.1, -0.05) is 99.1 Å². The van der Waals surface area contributed by atoms with Crippen molar-refractivity contribution >= 4 is 28.7 Å². The first-order valence-corrected chi connectivity index (χ1v) is 20.0. The van der Waals surface area contributed by atoms with Crippen molar-refractivity contribution in [2.45, 2.75) is 128 Å². The van der Waals surface area contributed by atoms with Gasteiger partial charge in [0.1, 0.15) is 30.2 Å². The van der Waals surface area contributed by atoms with Gasteiger partial charge in [-0.25, -0.2) is 4.79 Å². The monoisotopic (exact) mass is 645 g/mol. The predicted octanol–water partition coefficient (Wildman–Crippen LogP) is 6.12. The van der Waals surface area contributed by atoms with E-state index in [1.807, 2.05) is 18.2 Å². The number of nitrogen functional groups attached to an aromatic ring is 1. The van der Waals surface area contributed by atoms with Crippen LogP contribution < -0.4 is 11.4 Å². The average molecular weight is 646 g/mol. The molecule has 2 saturated heterocycles. The molecule has 44 heavy (non-hydrogen) atoms. The molecule has 3 heterocycles. The van der Waals surface area contributed by atoms with E-state index in [4.69, 9.17) is 28.2 Å². The summed E-state index contributed by atoms with van der Waals surface area (Å²) in [5, 5.41) is 0. The highest BCUT2D eigenvalue weighted by atomic mass is 28.5. The van der Waals surface area contributed by atoms with E-state index in [9.17, 15) is 9.59 Å². The van der Waals surface area contributed by atoms with Crippen molar-refractivity contribution in [3.05, 3.63) is 58.6 Å². The summed E-state index contributed by atoms with van der Waals surface area (Å²) in [7, 11) is -6.29. The fourth-order valence-electron chi connectivity index (χ4n) is 6.52. The van der Waals surface area contributed by atoms with Crippen LogP contribution in [-0.4, -0.2) is 63.5 Å². The zero-order chi connectivity index (χ0) is 32.4. The molecule has 0 amide bonds. The Bertz CT molecular complexity index is 1300. The van der Waals surface area contributed by atoms with Gasteiger partial charge in [0.05, 0.1) is 0 Å². The molecule has 0 radical (unpaired) electrons. The van der Waals surface area contributed by atoms with Crippen molar-refractivity contribution in [2.75, 3.05) is 12.3 Å². The molecule has 2 aromatic rings. The predicted molar refractivity (Wildman–Crippen MR) is 175 cm³/mol. The fraction of sp³-hybridized carbons (Fsp3) is 0.656. The van der Waals surface area contributed by atoms with Crippen LogP contribution in [0.5, 0.6) is 0 Å². The number of rotatable bonds is 11. The van der Waals surface area contributed by atoms with Gasteiger partial charge in [-0.3, -0.25) is 9.36 Å². The second kappa shape index (κ2) is 14.1. The SMILES string of the molecule is CCCCO[C@@H]1[C@@H]2O[Si](C(C)C)(C(C)C)O[Si](C(C)C)(C(C)C)OC(C(=O)c3ccccc3)[C@H]2O[C@H]1n1ccc(N)nc1=O. The van der Waals surface area contributed by atoms with Gasteiger partial charge in [0.15, 0.2) is 12.0 Å². The minimum atomic E-state index is -3.17. The molecule has 2 aliphatic heterocycles. The molecule has 5 atom stereocenters. The molecule has 1 aromatic heterocycles. The van der Waals surface area contributed by atoms with Gasteiger partial charge in [-0.15, -0.1) is 0 Å². The summed E-state index contributed by atoms with van der Waals surface area (Å²) in [5.74, 6) is -0.107. The zero-order valence-electron chi connectivity index (χ0n) is 27.7. The minimum absolute atomic E-state index is 0.0100. The smallest absolute Gasteiger partial charge is 0.351 e. The third-order valence-electron chi connectivity index (χ3n) is 8.94. The maximum Gasteiger partial charge on any atom is 0.351 e. The topological polar surface area (TPSA) is 124 Å². The Morgan fingerprint density at radius 2 is 1.52 bits per heavy atom. The number of nitrogens with two attached hydrogens (primary N) is 1. The lowest BCUT2D eigenvalue weighted by molar-refractivity contribution is -0.0856. The van der Waals surface area contributed by atoms with E-state index in [1.165, 1.54) is 4.57 Å². The highest BCUT2D eigenvalue weighted by molar-refractivity contribution is 6.84. The number of carbonyl (C=O) groups is 1. The Labute approximate surface area is 264 Å². The molecule has 1 unspecified atom stereocenters. The van der Waals surface area contributed by atoms with Crippen molar-refractivity contribution < 1.29 is 27.2 Å².